The van der Waals surface area contributed by atoms with Gasteiger partial charge in [-0.1, -0.05) is 15.9 Å². The molecule has 0 aliphatic carbocycles. The van der Waals surface area contributed by atoms with E-state index in [1.807, 2.05) is 31.2 Å². The van der Waals surface area contributed by atoms with Crippen LogP contribution in [-0.4, -0.2) is 25.7 Å². The molecule has 0 radical (unpaired) electrons. The largest absolute Gasteiger partial charge is 0.491 e. The van der Waals surface area contributed by atoms with Crippen LogP contribution in [0, 0.1) is 0 Å². The lowest BCUT2D eigenvalue weighted by Gasteiger charge is -2.10. The van der Waals surface area contributed by atoms with E-state index in [1.165, 1.54) is 6.08 Å². The van der Waals surface area contributed by atoms with Crippen molar-refractivity contribution >= 4 is 27.9 Å². The zero-order valence-corrected chi connectivity index (χ0v) is 15.0. The van der Waals surface area contributed by atoms with Gasteiger partial charge in [0.2, 0.25) is 5.91 Å². The summed E-state index contributed by atoms with van der Waals surface area (Å²) >= 11 is 3.43. The van der Waals surface area contributed by atoms with Crippen molar-refractivity contribution in [2.24, 2.45) is 0 Å². The Kier molecular flexibility index (Phi) is 7.58. The van der Waals surface area contributed by atoms with Crippen LogP contribution in [0.25, 0.3) is 6.08 Å². The summed E-state index contributed by atoms with van der Waals surface area (Å²) in [5.74, 6) is 0.522. The second-order valence-electron chi connectivity index (χ2n) is 4.91. The number of halogens is 1. The fraction of sp³-hybridized carbons (Fsp3) is 0.278. The zero-order chi connectivity index (χ0) is 17.2. The Labute approximate surface area is 149 Å². The number of hydrogen-bond acceptors (Lipinski definition) is 4. The Balaban J connectivity index is 1.93. The molecule has 1 amide bonds. The summed E-state index contributed by atoms with van der Waals surface area (Å²) in [6.45, 7) is 4.02. The summed E-state index contributed by atoms with van der Waals surface area (Å²) in [4.78, 5) is 11.9. The maximum absolute atomic E-state index is 11.9. The monoisotopic (exact) mass is 393 g/mol. The SMILES string of the molecule is CCOCCOc1ccc(Br)cc1/C=C/C(=O)NCc1ccoc1. The number of ether oxygens (including phenoxy) is 2. The van der Waals surface area contributed by atoms with Crippen molar-refractivity contribution in [1.29, 1.82) is 0 Å². The van der Waals surface area contributed by atoms with Crippen LogP contribution in [0.5, 0.6) is 5.75 Å². The second kappa shape index (κ2) is 9.95. The van der Waals surface area contributed by atoms with Gasteiger partial charge >= 0.3 is 0 Å². The fourth-order valence-corrected chi connectivity index (χ4v) is 2.32. The van der Waals surface area contributed by atoms with Gasteiger partial charge in [-0.3, -0.25) is 4.79 Å². The third kappa shape index (κ3) is 6.22. The summed E-state index contributed by atoms with van der Waals surface area (Å²) in [5, 5.41) is 2.79. The van der Waals surface area contributed by atoms with E-state index >= 15 is 0 Å². The predicted octanol–water partition coefficient (Wildman–Crippen LogP) is 3.79. The van der Waals surface area contributed by atoms with Gasteiger partial charge in [-0.25, -0.2) is 0 Å². The van der Waals surface area contributed by atoms with Gasteiger partial charge in [-0.05, 0) is 37.3 Å². The van der Waals surface area contributed by atoms with Gasteiger partial charge in [0.15, 0.2) is 0 Å². The van der Waals surface area contributed by atoms with Crippen molar-refractivity contribution in [2.45, 2.75) is 13.5 Å². The minimum Gasteiger partial charge on any atom is -0.491 e. The van der Waals surface area contributed by atoms with Crippen LogP contribution in [0.15, 0.2) is 51.8 Å². The molecular formula is C18H20BrNO4. The minimum atomic E-state index is -0.184. The maximum Gasteiger partial charge on any atom is 0.244 e. The number of rotatable bonds is 9. The van der Waals surface area contributed by atoms with Gasteiger partial charge in [0.1, 0.15) is 12.4 Å². The van der Waals surface area contributed by atoms with E-state index in [-0.39, 0.29) is 5.91 Å². The van der Waals surface area contributed by atoms with Gasteiger partial charge in [-0.2, -0.15) is 0 Å². The van der Waals surface area contributed by atoms with Crippen LogP contribution in [0.1, 0.15) is 18.1 Å². The highest BCUT2D eigenvalue weighted by atomic mass is 79.9. The maximum atomic E-state index is 11.9. The topological polar surface area (TPSA) is 60.7 Å². The molecule has 5 nitrogen and oxygen atoms in total. The quantitative estimate of drug-likeness (QED) is 0.520. The first kappa shape index (κ1) is 18.3. The fourth-order valence-electron chi connectivity index (χ4n) is 1.94. The molecule has 6 heteroatoms. The van der Waals surface area contributed by atoms with E-state index in [0.29, 0.717) is 32.1 Å². The highest BCUT2D eigenvalue weighted by Gasteiger charge is 2.04. The van der Waals surface area contributed by atoms with Gasteiger partial charge in [0.05, 0.1) is 19.1 Å². The molecule has 1 heterocycles. The Hall–Kier alpha value is -2.05. The van der Waals surface area contributed by atoms with Crippen molar-refractivity contribution in [2.75, 3.05) is 19.8 Å². The van der Waals surface area contributed by atoms with Gasteiger partial charge in [0, 0.05) is 34.8 Å². The molecule has 0 bridgehead atoms. The average Bonchev–Trinajstić information content (AvgIpc) is 3.10. The van der Waals surface area contributed by atoms with E-state index in [9.17, 15) is 4.79 Å². The zero-order valence-electron chi connectivity index (χ0n) is 13.5. The molecule has 0 saturated heterocycles. The summed E-state index contributed by atoms with van der Waals surface area (Å²) in [5.41, 5.74) is 1.73. The molecule has 0 unspecified atom stereocenters. The van der Waals surface area contributed by atoms with Gasteiger partial charge < -0.3 is 19.2 Å². The number of hydrogen-bond donors (Lipinski definition) is 1. The molecule has 2 rings (SSSR count). The lowest BCUT2D eigenvalue weighted by Crippen LogP contribution is -2.19. The van der Waals surface area contributed by atoms with Crippen molar-refractivity contribution in [3.8, 4) is 5.75 Å². The number of carbonyl (C=O) groups excluding carboxylic acids is 1. The number of nitrogens with one attached hydrogen (secondary N) is 1. The molecule has 1 N–H and O–H groups in total. The molecule has 0 atom stereocenters. The van der Waals surface area contributed by atoms with E-state index in [2.05, 4.69) is 21.2 Å². The Morgan fingerprint density at radius 2 is 2.21 bits per heavy atom. The standard InChI is InChI=1S/C18H20BrNO4/c1-2-22-9-10-24-17-5-4-16(19)11-15(17)3-6-18(21)20-12-14-7-8-23-13-14/h3-8,11,13H,2,9-10,12H2,1H3,(H,20,21)/b6-3+. The van der Waals surface area contributed by atoms with Crippen molar-refractivity contribution in [1.82, 2.24) is 5.32 Å². The van der Waals surface area contributed by atoms with Crippen molar-refractivity contribution in [3.63, 3.8) is 0 Å². The first-order valence-corrected chi connectivity index (χ1v) is 8.45. The normalized spacial score (nSPS) is 10.9. The highest BCUT2D eigenvalue weighted by molar-refractivity contribution is 9.10. The lowest BCUT2D eigenvalue weighted by atomic mass is 10.2. The van der Waals surface area contributed by atoms with Crippen molar-refractivity contribution in [3.05, 3.63) is 58.5 Å². The summed E-state index contributed by atoms with van der Waals surface area (Å²) in [6.07, 6.45) is 6.38. The molecule has 1 aromatic carbocycles. The molecule has 0 aliphatic rings. The van der Waals surface area contributed by atoms with Crippen LogP contribution in [0.3, 0.4) is 0 Å². The summed E-state index contributed by atoms with van der Waals surface area (Å²) in [6, 6.07) is 7.46. The molecule has 0 aliphatic heterocycles. The second-order valence-corrected chi connectivity index (χ2v) is 5.83. The number of benzene rings is 1. The van der Waals surface area contributed by atoms with Crippen LogP contribution in [0.2, 0.25) is 0 Å². The molecule has 0 spiro atoms. The molecular weight excluding hydrogens is 374 g/mol. The predicted molar refractivity (Wildman–Crippen MR) is 95.7 cm³/mol. The van der Waals surface area contributed by atoms with Crippen LogP contribution >= 0.6 is 15.9 Å². The molecule has 2 aromatic rings. The average molecular weight is 394 g/mol. The van der Waals surface area contributed by atoms with Crippen molar-refractivity contribution < 1.29 is 18.7 Å². The number of amides is 1. The van der Waals surface area contributed by atoms with E-state index in [0.717, 1.165) is 15.6 Å². The Morgan fingerprint density at radius 1 is 1.33 bits per heavy atom. The highest BCUT2D eigenvalue weighted by Crippen LogP contribution is 2.24. The molecule has 1 aromatic heterocycles. The third-order valence-corrected chi connectivity index (χ3v) is 3.62. The third-order valence-electron chi connectivity index (χ3n) is 3.12. The van der Waals surface area contributed by atoms with E-state index in [1.54, 1.807) is 18.6 Å². The van der Waals surface area contributed by atoms with E-state index < -0.39 is 0 Å². The van der Waals surface area contributed by atoms with Gasteiger partial charge in [0.25, 0.3) is 0 Å². The van der Waals surface area contributed by atoms with Crippen LogP contribution in [-0.2, 0) is 16.1 Å². The van der Waals surface area contributed by atoms with Gasteiger partial charge in [-0.15, -0.1) is 0 Å². The van der Waals surface area contributed by atoms with Crippen LogP contribution in [0.4, 0.5) is 0 Å². The smallest absolute Gasteiger partial charge is 0.244 e. The molecule has 0 fully saturated rings. The lowest BCUT2D eigenvalue weighted by molar-refractivity contribution is -0.116. The minimum absolute atomic E-state index is 0.184. The summed E-state index contributed by atoms with van der Waals surface area (Å²) in [7, 11) is 0. The molecule has 0 saturated carbocycles. The first-order chi connectivity index (χ1) is 11.7. The Bertz CT molecular complexity index is 668. The molecule has 24 heavy (non-hydrogen) atoms. The number of carbonyl (C=O) groups is 1. The Morgan fingerprint density at radius 3 is 2.96 bits per heavy atom. The van der Waals surface area contributed by atoms with E-state index in [4.69, 9.17) is 13.9 Å². The molecule has 128 valence electrons. The van der Waals surface area contributed by atoms with Crippen LogP contribution < -0.4 is 10.1 Å². The first-order valence-electron chi connectivity index (χ1n) is 7.66. The summed E-state index contributed by atoms with van der Waals surface area (Å²) < 4.78 is 16.8. The number of furan rings is 1.